The molecule has 29 heavy (non-hydrogen) atoms. The standard InChI is InChI=1S/C21H17ClN4O2S/c1-12-15(22)6-4-7-16(12)24-21-25-20(28)18(29-21)9-13-10-26(11-19(23)27)17-8-3-2-5-14(13)17/h2-10H,11H2,1H3,(H2,23,27)(H,24,25,28). The number of rotatable bonds is 4. The summed E-state index contributed by atoms with van der Waals surface area (Å²) >= 11 is 7.41. The van der Waals surface area contributed by atoms with Crippen molar-refractivity contribution in [2.45, 2.75) is 13.5 Å². The Kier molecular flexibility index (Phi) is 5.17. The van der Waals surface area contributed by atoms with E-state index in [0.717, 1.165) is 22.0 Å². The molecule has 1 fully saturated rings. The number of thioether (sulfide) groups is 1. The van der Waals surface area contributed by atoms with Crippen LogP contribution in [-0.2, 0) is 16.1 Å². The Morgan fingerprint density at radius 3 is 2.86 bits per heavy atom. The van der Waals surface area contributed by atoms with Crippen molar-refractivity contribution < 1.29 is 9.59 Å². The van der Waals surface area contributed by atoms with Crippen molar-refractivity contribution in [3.63, 3.8) is 0 Å². The monoisotopic (exact) mass is 424 g/mol. The van der Waals surface area contributed by atoms with Crippen LogP contribution in [0, 0.1) is 6.92 Å². The fraction of sp³-hybridized carbons (Fsp3) is 0.0952. The van der Waals surface area contributed by atoms with Gasteiger partial charge in [-0.25, -0.2) is 4.99 Å². The summed E-state index contributed by atoms with van der Waals surface area (Å²) in [5.41, 5.74) is 8.63. The Hall–Kier alpha value is -3.03. The molecule has 0 radical (unpaired) electrons. The molecule has 2 aromatic carbocycles. The van der Waals surface area contributed by atoms with E-state index >= 15 is 0 Å². The molecule has 1 aliphatic heterocycles. The van der Waals surface area contributed by atoms with Gasteiger partial charge < -0.3 is 15.6 Å². The van der Waals surface area contributed by atoms with E-state index in [1.54, 1.807) is 16.7 Å². The number of nitrogens with zero attached hydrogens (tertiary/aromatic N) is 2. The highest BCUT2D eigenvalue weighted by molar-refractivity contribution is 8.18. The summed E-state index contributed by atoms with van der Waals surface area (Å²) in [6.07, 6.45) is 3.62. The van der Waals surface area contributed by atoms with Gasteiger partial charge in [0.2, 0.25) is 5.91 Å². The number of amidine groups is 1. The molecular weight excluding hydrogens is 408 g/mol. The third kappa shape index (κ3) is 3.92. The molecule has 1 aromatic heterocycles. The molecule has 1 aliphatic rings. The smallest absolute Gasteiger partial charge is 0.264 e. The Morgan fingerprint density at radius 1 is 1.28 bits per heavy atom. The number of primary amides is 1. The summed E-state index contributed by atoms with van der Waals surface area (Å²) in [5.74, 6) is -0.649. The van der Waals surface area contributed by atoms with Crippen molar-refractivity contribution in [2.75, 3.05) is 0 Å². The molecule has 4 rings (SSSR count). The number of aromatic nitrogens is 1. The number of hydrogen-bond acceptors (Lipinski definition) is 4. The molecule has 0 unspecified atom stereocenters. The number of amides is 2. The number of carbonyl (C=O) groups excluding carboxylic acids is 2. The maximum Gasteiger partial charge on any atom is 0.264 e. The molecule has 2 heterocycles. The lowest BCUT2D eigenvalue weighted by Crippen LogP contribution is -2.19. The van der Waals surface area contributed by atoms with Gasteiger partial charge in [-0.05, 0) is 48.5 Å². The molecule has 146 valence electrons. The quantitative estimate of drug-likeness (QED) is 0.621. The van der Waals surface area contributed by atoms with Gasteiger partial charge in [-0.2, -0.15) is 0 Å². The summed E-state index contributed by atoms with van der Waals surface area (Å²) in [6.45, 7) is 1.96. The molecular formula is C21H17ClN4O2S. The highest BCUT2D eigenvalue weighted by Crippen LogP contribution is 2.32. The van der Waals surface area contributed by atoms with Crippen LogP contribution in [0.2, 0.25) is 5.02 Å². The lowest BCUT2D eigenvalue weighted by atomic mass is 10.1. The van der Waals surface area contributed by atoms with E-state index in [1.165, 1.54) is 11.8 Å². The zero-order valence-corrected chi connectivity index (χ0v) is 17.1. The number of nitrogens with one attached hydrogen (secondary N) is 1. The van der Waals surface area contributed by atoms with Gasteiger partial charge in [0.15, 0.2) is 5.17 Å². The van der Waals surface area contributed by atoms with E-state index in [9.17, 15) is 9.59 Å². The largest absolute Gasteiger partial charge is 0.368 e. The van der Waals surface area contributed by atoms with E-state index in [2.05, 4.69) is 10.3 Å². The minimum absolute atomic E-state index is 0.0732. The number of benzene rings is 2. The normalized spacial score (nSPS) is 16.7. The Labute approximate surface area is 176 Å². The van der Waals surface area contributed by atoms with Crippen LogP contribution in [0.1, 0.15) is 11.1 Å². The molecule has 0 bridgehead atoms. The van der Waals surface area contributed by atoms with Crippen LogP contribution in [0.5, 0.6) is 0 Å². The number of fused-ring (bicyclic) bond motifs is 1. The van der Waals surface area contributed by atoms with Gasteiger partial charge >= 0.3 is 0 Å². The lowest BCUT2D eigenvalue weighted by molar-refractivity contribution is -0.118. The minimum Gasteiger partial charge on any atom is -0.368 e. The van der Waals surface area contributed by atoms with E-state index in [4.69, 9.17) is 17.3 Å². The molecule has 6 nitrogen and oxygen atoms in total. The van der Waals surface area contributed by atoms with Gasteiger partial charge in [0.25, 0.3) is 5.91 Å². The predicted molar refractivity (Wildman–Crippen MR) is 118 cm³/mol. The van der Waals surface area contributed by atoms with Crippen LogP contribution in [0.25, 0.3) is 17.0 Å². The van der Waals surface area contributed by atoms with Crippen LogP contribution in [0.15, 0.2) is 58.6 Å². The zero-order valence-electron chi connectivity index (χ0n) is 15.5. The number of nitrogens with two attached hydrogens (primary N) is 1. The van der Waals surface area contributed by atoms with Gasteiger partial charge in [0.05, 0.1) is 10.6 Å². The van der Waals surface area contributed by atoms with Crippen molar-refractivity contribution in [1.29, 1.82) is 0 Å². The molecule has 1 saturated heterocycles. The first-order chi connectivity index (χ1) is 13.9. The third-order valence-electron chi connectivity index (χ3n) is 4.54. The predicted octanol–water partition coefficient (Wildman–Crippen LogP) is 3.98. The minimum atomic E-state index is -0.427. The maximum atomic E-state index is 12.5. The van der Waals surface area contributed by atoms with E-state index < -0.39 is 5.91 Å². The molecule has 0 saturated carbocycles. The second-order valence-corrected chi connectivity index (χ2v) is 8.00. The SMILES string of the molecule is Cc1c(Cl)cccc1N=C1NC(=O)C(=Cc2cn(CC(N)=O)c3ccccc23)S1. The van der Waals surface area contributed by atoms with E-state index in [1.807, 2.05) is 49.5 Å². The van der Waals surface area contributed by atoms with Crippen molar-refractivity contribution in [2.24, 2.45) is 10.7 Å². The number of hydrogen-bond donors (Lipinski definition) is 2. The van der Waals surface area contributed by atoms with Gasteiger partial charge in [-0.1, -0.05) is 35.9 Å². The van der Waals surface area contributed by atoms with Crippen LogP contribution in [-0.4, -0.2) is 21.5 Å². The molecule has 8 heteroatoms. The molecule has 3 N–H and O–H groups in total. The number of aliphatic imine (C=N–C) groups is 1. The average Bonchev–Trinajstić information content (AvgIpc) is 3.19. The van der Waals surface area contributed by atoms with Crippen molar-refractivity contribution in [1.82, 2.24) is 9.88 Å². The highest BCUT2D eigenvalue weighted by atomic mass is 35.5. The highest BCUT2D eigenvalue weighted by Gasteiger charge is 2.24. The van der Waals surface area contributed by atoms with Crippen molar-refractivity contribution in [3.05, 3.63) is 69.7 Å². The molecule has 3 aromatic rings. The topological polar surface area (TPSA) is 89.5 Å². The van der Waals surface area contributed by atoms with Gasteiger partial charge in [0, 0.05) is 27.7 Å². The van der Waals surface area contributed by atoms with E-state index in [-0.39, 0.29) is 12.5 Å². The fourth-order valence-corrected chi connectivity index (χ4v) is 4.13. The summed E-state index contributed by atoms with van der Waals surface area (Å²) in [5, 5.41) is 4.84. The summed E-state index contributed by atoms with van der Waals surface area (Å²) < 4.78 is 1.78. The van der Waals surface area contributed by atoms with E-state index in [0.29, 0.717) is 20.8 Å². The number of halogens is 1. The Bertz CT molecular complexity index is 1210. The van der Waals surface area contributed by atoms with Crippen LogP contribution in [0.3, 0.4) is 0 Å². The first-order valence-corrected chi connectivity index (χ1v) is 10.0. The number of carbonyl (C=O) groups is 2. The molecule has 2 amide bonds. The molecule has 0 atom stereocenters. The Balaban J connectivity index is 1.69. The van der Waals surface area contributed by atoms with Gasteiger partial charge in [0.1, 0.15) is 6.54 Å². The van der Waals surface area contributed by atoms with Gasteiger partial charge in [-0.15, -0.1) is 0 Å². The molecule has 0 aliphatic carbocycles. The van der Waals surface area contributed by atoms with Crippen molar-refractivity contribution in [3.8, 4) is 0 Å². The second kappa shape index (κ2) is 7.77. The first-order valence-electron chi connectivity index (χ1n) is 8.83. The fourth-order valence-electron chi connectivity index (χ4n) is 3.14. The second-order valence-electron chi connectivity index (χ2n) is 6.56. The van der Waals surface area contributed by atoms with Crippen molar-refractivity contribution >= 4 is 63.0 Å². The van der Waals surface area contributed by atoms with Crippen LogP contribution < -0.4 is 11.1 Å². The molecule has 0 spiro atoms. The first kappa shape index (κ1) is 19.3. The zero-order chi connectivity index (χ0) is 20.5. The summed E-state index contributed by atoms with van der Waals surface area (Å²) in [4.78, 5) is 28.9. The van der Waals surface area contributed by atoms with Gasteiger partial charge in [-0.3, -0.25) is 9.59 Å². The summed E-state index contributed by atoms with van der Waals surface area (Å²) in [6, 6.07) is 13.1. The third-order valence-corrected chi connectivity index (χ3v) is 5.86. The summed E-state index contributed by atoms with van der Waals surface area (Å²) in [7, 11) is 0. The average molecular weight is 425 g/mol. The van der Waals surface area contributed by atoms with Crippen LogP contribution in [0.4, 0.5) is 5.69 Å². The maximum absolute atomic E-state index is 12.5. The lowest BCUT2D eigenvalue weighted by Gasteiger charge is -2.02. The Morgan fingerprint density at radius 2 is 2.07 bits per heavy atom. The number of para-hydroxylation sites is 1. The van der Waals surface area contributed by atoms with Crippen LogP contribution >= 0.6 is 23.4 Å².